The van der Waals surface area contributed by atoms with Crippen LogP contribution in [0.15, 0.2) is 96.2 Å². The van der Waals surface area contributed by atoms with Gasteiger partial charge in [0, 0.05) is 5.56 Å². The second-order valence-corrected chi connectivity index (χ2v) is 7.68. The number of carbonyl (C=O) groups excluding carboxylic acids is 2. The lowest BCUT2D eigenvalue weighted by Crippen LogP contribution is -2.30. The molecule has 1 aliphatic heterocycles. The van der Waals surface area contributed by atoms with Crippen molar-refractivity contribution in [1.82, 2.24) is 0 Å². The van der Waals surface area contributed by atoms with Crippen molar-refractivity contribution in [2.75, 3.05) is 4.90 Å². The van der Waals surface area contributed by atoms with Crippen LogP contribution in [0.4, 0.5) is 5.69 Å². The Morgan fingerprint density at radius 2 is 1.59 bits per heavy atom. The number of benzene rings is 4. The van der Waals surface area contributed by atoms with E-state index in [4.69, 9.17) is 4.84 Å². The molecule has 0 fully saturated rings. The monoisotopic (exact) mass is 420 g/mol. The molecule has 0 aliphatic carbocycles. The number of carbonyl (C=O) groups is 2. The van der Waals surface area contributed by atoms with E-state index in [1.54, 1.807) is 17.0 Å². The highest BCUT2D eigenvalue weighted by atomic mass is 16.7. The summed E-state index contributed by atoms with van der Waals surface area (Å²) < 4.78 is 0. The number of nitrogens with zero attached hydrogens (tertiary/aromatic N) is 2. The number of oxime groups is 1. The van der Waals surface area contributed by atoms with Crippen molar-refractivity contribution >= 4 is 34.0 Å². The molecule has 1 amide bonds. The standard InChI is InChI=1S/C27H20N2O3/c1-18-9-2-4-13-21(18)27(31)32-28-25-23-15-6-7-16-24(23)29(26(25)30)17-20-12-8-11-19-10-3-5-14-22(19)20/h2-16H,17H2,1H3/b28-25+. The third-order valence-electron chi connectivity index (χ3n) is 5.69. The SMILES string of the molecule is Cc1ccccc1C(=O)O/N=C1/C(=O)N(Cc2cccc3ccccc23)c2ccccc21. The summed E-state index contributed by atoms with van der Waals surface area (Å²) in [6.45, 7) is 2.22. The van der Waals surface area contributed by atoms with E-state index >= 15 is 0 Å². The van der Waals surface area contributed by atoms with Crippen LogP contribution in [-0.2, 0) is 16.2 Å². The molecule has 0 aromatic heterocycles. The third-order valence-corrected chi connectivity index (χ3v) is 5.69. The second-order valence-electron chi connectivity index (χ2n) is 7.68. The average molecular weight is 420 g/mol. The quantitative estimate of drug-likeness (QED) is 0.334. The highest BCUT2D eigenvalue weighted by molar-refractivity contribution is 6.54. The Bertz CT molecular complexity index is 1390. The highest BCUT2D eigenvalue weighted by Gasteiger charge is 2.35. The molecule has 4 aromatic rings. The minimum atomic E-state index is -0.589. The molecule has 0 N–H and O–H groups in total. The zero-order valence-corrected chi connectivity index (χ0v) is 17.5. The van der Waals surface area contributed by atoms with Gasteiger partial charge in [0.2, 0.25) is 0 Å². The number of aryl methyl sites for hydroxylation is 1. The fourth-order valence-corrected chi connectivity index (χ4v) is 4.05. The van der Waals surface area contributed by atoms with E-state index < -0.39 is 5.97 Å². The zero-order valence-electron chi connectivity index (χ0n) is 17.5. The lowest BCUT2D eigenvalue weighted by atomic mass is 10.0. The number of para-hydroxylation sites is 1. The minimum absolute atomic E-state index is 0.128. The molecule has 0 radical (unpaired) electrons. The minimum Gasteiger partial charge on any atom is -0.312 e. The lowest BCUT2D eigenvalue weighted by Gasteiger charge is -2.18. The topological polar surface area (TPSA) is 59.0 Å². The second kappa shape index (κ2) is 8.12. The molecule has 5 rings (SSSR count). The Labute approximate surface area is 185 Å². The maximum absolute atomic E-state index is 13.3. The van der Waals surface area contributed by atoms with Gasteiger partial charge in [-0.2, -0.15) is 0 Å². The summed E-state index contributed by atoms with van der Waals surface area (Å²) in [4.78, 5) is 32.7. The first kappa shape index (κ1) is 19.7. The summed E-state index contributed by atoms with van der Waals surface area (Å²) in [5, 5.41) is 6.20. The molecule has 0 spiro atoms. The van der Waals surface area contributed by atoms with Gasteiger partial charge in [0.25, 0.3) is 5.91 Å². The fourth-order valence-electron chi connectivity index (χ4n) is 4.05. The molecule has 5 nitrogen and oxygen atoms in total. The van der Waals surface area contributed by atoms with Gasteiger partial charge < -0.3 is 9.74 Å². The summed E-state index contributed by atoms with van der Waals surface area (Å²) >= 11 is 0. The van der Waals surface area contributed by atoms with E-state index in [9.17, 15) is 9.59 Å². The zero-order chi connectivity index (χ0) is 22.1. The summed E-state index contributed by atoms with van der Waals surface area (Å²) in [7, 11) is 0. The fraction of sp³-hybridized carbons (Fsp3) is 0.0741. The number of amides is 1. The van der Waals surface area contributed by atoms with Crippen LogP contribution in [0, 0.1) is 6.92 Å². The van der Waals surface area contributed by atoms with Gasteiger partial charge in [-0.15, -0.1) is 0 Å². The molecule has 0 saturated carbocycles. The van der Waals surface area contributed by atoms with Crippen molar-refractivity contribution in [3.8, 4) is 0 Å². The van der Waals surface area contributed by atoms with Crippen LogP contribution in [0.25, 0.3) is 10.8 Å². The first-order valence-corrected chi connectivity index (χ1v) is 10.4. The van der Waals surface area contributed by atoms with Crippen LogP contribution in [0.2, 0.25) is 0 Å². The Hall–Kier alpha value is -4.25. The Balaban J connectivity index is 1.48. The number of anilines is 1. The molecule has 0 bridgehead atoms. The maximum atomic E-state index is 13.3. The average Bonchev–Trinajstić information content (AvgIpc) is 3.09. The Morgan fingerprint density at radius 1 is 0.875 bits per heavy atom. The van der Waals surface area contributed by atoms with Gasteiger partial charge in [-0.1, -0.05) is 84.0 Å². The Morgan fingerprint density at radius 3 is 2.47 bits per heavy atom. The van der Waals surface area contributed by atoms with Gasteiger partial charge in [0.1, 0.15) is 0 Å². The summed E-state index contributed by atoms with van der Waals surface area (Å²) in [6.07, 6.45) is 0. The van der Waals surface area contributed by atoms with E-state index in [1.807, 2.05) is 67.6 Å². The van der Waals surface area contributed by atoms with Crippen LogP contribution in [-0.4, -0.2) is 17.6 Å². The van der Waals surface area contributed by atoms with Crippen molar-refractivity contribution in [2.24, 2.45) is 5.16 Å². The number of hydrogen-bond donors (Lipinski definition) is 0. The van der Waals surface area contributed by atoms with E-state index in [2.05, 4.69) is 23.4 Å². The lowest BCUT2D eigenvalue weighted by molar-refractivity contribution is -0.112. The van der Waals surface area contributed by atoms with Crippen LogP contribution in [0.5, 0.6) is 0 Å². The summed E-state index contributed by atoms with van der Waals surface area (Å²) in [6, 6.07) is 28.7. The molecular weight excluding hydrogens is 400 g/mol. The van der Waals surface area contributed by atoms with E-state index in [0.717, 1.165) is 27.6 Å². The van der Waals surface area contributed by atoms with Gasteiger partial charge in [-0.05, 0) is 41.0 Å². The van der Waals surface area contributed by atoms with Crippen LogP contribution in [0.3, 0.4) is 0 Å². The van der Waals surface area contributed by atoms with Crippen molar-refractivity contribution in [3.05, 3.63) is 113 Å². The molecule has 1 aliphatic rings. The van der Waals surface area contributed by atoms with E-state index in [-0.39, 0.29) is 11.6 Å². The molecule has 0 saturated heterocycles. The van der Waals surface area contributed by atoms with Gasteiger partial charge in [0.05, 0.1) is 17.8 Å². The largest absolute Gasteiger partial charge is 0.366 e. The van der Waals surface area contributed by atoms with Crippen molar-refractivity contribution in [2.45, 2.75) is 13.5 Å². The van der Waals surface area contributed by atoms with Crippen molar-refractivity contribution in [1.29, 1.82) is 0 Å². The van der Waals surface area contributed by atoms with Crippen molar-refractivity contribution in [3.63, 3.8) is 0 Å². The third kappa shape index (κ3) is 3.44. The molecule has 5 heteroatoms. The highest BCUT2D eigenvalue weighted by Crippen LogP contribution is 2.32. The first-order valence-electron chi connectivity index (χ1n) is 10.4. The number of hydrogen-bond acceptors (Lipinski definition) is 4. The predicted molar refractivity (Wildman–Crippen MR) is 125 cm³/mol. The van der Waals surface area contributed by atoms with Crippen LogP contribution < -0.4 is 4.90 Å². The van der Waals surface area contributed by atoms with Gasteiger partial charge in [-0.25, -0.2) is 4.79 Å². The van der Waals surface area contributed by atoms with Gasteiger partial charge in [0.15, 0.2) is 5.71 Å². The number of rotatable bonds is 4. The molecule has 156 valence electrons. The molecular formula is C27H20N2O3. The molecule has 0 unspecified atom stereocenters. The summed E-state index contributed by atoms with van der Waals surface area (Å²) in [5.41, 5.74) is 3.76. The van der Waals surface area contributed by atoms with Crippen LogP contribution in [0.1, 0.15) is 27.0 Å². The molecule has 32 heavy (non-hydrogen) atoms. The van der Waals surface area contributed by atoms with E-state index in [1.165, 1.54) is 0 Å². The van der Waals surface area contributed by atoms with Gasteiger partial charge in [-0.3, -0.25) is 4.79 Å². The van der Waals surface area contributed by atoms with Gasteiger partial charge >= 0.3 is 5.97 Å². The maximum Gasteiger partial charge on any atom is 0.366 e. The smallest absolute Gasteiger partial charge is 0.312 e. The Kier molecular flexibility index (Phi) is 5.00. The number of fused-ring (bicyclic) bond motifs is 2. The molecule has 1 heterocycles. The van der Waals surface area contributed by atoms with E-state index in [0.29, 0.717) is 17.7 Å². The normalized spacial score (nSPS) is 14.1. The first-order chi connectivity index (χ1) is 15.6. The molecule has 4 aromatic carbocycles. The predicted octanol–water partition coefficient (Wildman–Crippen LogP) is 5.26. The summed E-state index contributed by atoms with van der Waals surface area (Å²) in [5.74, 6) is -0.884. The molecule has 0 atom stereocenters. The van der Waals surface area contributed by atoms with Crippen LogP contribution >= 0.6 is 0 Å². The van der Waals surface area contributed by atoms with Crippen molar-refractivity contribution < 1.29 is 14.4 Å².